The van der Waals surface area contributed by atoms with Crippen LogP contribution in [0.15, 0.2) is 60.7 Å². The minimum absolute atomic E-state index is 0.806. The largest absolute Gasteiger partial charge is 0.368 e. The van der Waals surface area contributed by atoms with Gasteiger partial charge in [-0.1, -0.05) is 37.3 Å². The molecule has 0 unspecified atom stereocenters. The van der Waals surface area contributed by atoms with E-state index in [0.717, 1.165) is 55.7 Å². The van der Waals surface area contributed by atoms with Crippen LogP contribution in [0.3, 0.4) is 0 Å². The SMILES string of the molecule is CCc1ccc(Nc2cc(C)nc(N3CCN(c4ccccc4)CC3)n2)cc1. The lowest BCUT2D eigenvalue weighted by Gasteiger charge is -2.36. The third kappa shape index (κ3) is 4.25. The molecule has 1 fully saturated rings. The van der Waals surface area contributed by atoms with E-state index in [1.807, 2.05) is 13.0 Å². The summed E-state index contributed by atoms with van der Waals surface area (Å²) < 4.78 is 0. The van der Waals surface area contributed by atoms with Crippen molar-refractivity contribution >= 4 is 23.1 Å². The maximum atomic E-state index is 4.78. The van der Waals surface area contributed by atoms with Crippen molar-refractivity contribution in [1.82, 2.24) is 9.97 Å². The van der Waals surface area contributed by atoms with Gasteiger partial charge in [0, 0.05) is 49.3 Å². The molecule has 0 atom stereocenters. The fourth-order valence-electron chi connectivity index (χ4n) is 3.53. The molecule has 1 saturated heterocycles. The van der Waals surface area contributed by atoms with Crippen LogP contribution in [0, 0.1) is 6.92 Å². The van der Waals surface area contributed by atoms with Gasteiger partial charge in [0.05, 0.1) is 0 Å². The number of piperazine rings is 1. The number of nitrogens with one attached hydrogen (secondary N) is 1. The molecule has 0 spiro atoms. The molecule has 0 bridgehead atoms. The zero-order valence-electron chi connectivity index (χ0n) is 16.6. The van der Waals surface area contributed by atoms with Crippen LogP contribution in [-0.2, 0) is 6.42 Å². The standard InChI is InChI=1S/C23H27N5/c1-3-19-9-11-20(12-10-19)25-22-17-18(2)24-23(26-22)28-15-13-27(14-16-28)21-7-5-4-6-8-21/h4-12,17H,3,13-16H2,1-2H3,(H,24,25,26). The summed E-state index contributed by atoms with van der Waals surface area (Å²) >= 11 is 0. The Morgan fingerprint density at radius 2 is 1.54 bits per heavy atom. The van der Waals surface area contributed by atoms with Crippen LogP contribution in [0.5, 0.6) is 0 Å². The molecule has 3 aromatic rings. The van der Waals surface area contributed by atoms with Crippen LogP contribution < -0.4 is 15.1 Å². The minimum atomic E-state index is 0.806. The summed E-state index contributed by atoms with van der Waals surface area (Å²) in [6.45, 7) is 7.98. The molecular formula is C23H27N5. The highest BCUT2D eigenvalue weighted by Crippen LogP contribution is 2.21. The molecule has 2 aromatic carbocycles. The van der Waals surface area contributed by atoms with E-state index in [1.54, 1.807) is 0 Å². The lowest BCUT2D eigenvalue weighted by molar-refractivity contribution is 0.639. The highest BCUT2D eigenvalue weighted by atomic mass is 15.3. The molecule has 0 amide bonds. The van der Waals surface area contributed by atoms with Crippen LogP contribution in [0.1, 0.15) is 18.2 Å². The van der Waals surface area contributed by atoms with Crippen molar-refractivity contribution in [1.29, 1.82) is 0 Å². The second kappa shape index (κ2) is 8.30. The number of rotatable bonds is 5. The monoisotopic (exact) mass is 373 g/mol. The van der Waals surface area contributed by atoms with Crippen LogP contribution in [0.4, 0.5) is 23.1 Å². The molecule has 4 rings (SSSR count). The van der Waals surface area contributed by atoms with Gasteiger partial charge in [0.15, 0.2) is 0 Å². The Bertz CT molecular complexity index is 900. The maximum Gasteiger partial charge on any atom is 0.227 e. The molecule has 1 aliphatic rings. The lowest BCUT2D eigenvalue weighted by atomic mass is 10.1. The Hall–Kier alpha value is -3.08. The van der Waals surface area contributed by atoms with Crippen LogP contribution in [0.2, 0.25) is 0 Å². The smallest absolute Gasteiger partial charge is 0.227 e. The zero-order chi connectivity index (χ0) is 19.3. The molecule has 5 heteroatoms. The number of hydrogen-bond acceptors (Lipinski definition) is 5. The predicted octanol–water partition coefficient (Wildman–Crippen LogP) is 4.42. The molecule has 1 aromatic heterocycles. The number of hydrogen-bond donors (Lipinski definition) is 1. The normalized spacial score (nSPS) is 14.2. The van der Waals surface area contributed by atoms with Crippen molar-refractivity contribution in [2.75, 3.05) is 41.3 Å². The van der Waals surface area contributed by atoms with Crippen LogP contribution in [0.25, 0.3) is 0 Å². The van der Waals surface area contributed by atoms with Crippen LogP contribution >= 0.6 is 0 Å². The van der Waals surface area contributed by atoms with E-state index >= 15 is 0 Å². The number of benzene rings is 2. The Morgan fingerprint density at radius 3 is 2.21 bits per heavy atom. The number of aromatic nitrogens is 2. The summed E-state index contributed by atoms with van der Waals surface area (Å²) in [4.78, 5) is 14.2. The Kier molecular flexibility index (Phi) is 5.42. The Morgan fingerprint density at radius 1 is 0.857 bits per heavy atom. The third-order valence-electron chi connectivity index (χ3n) is 5.16. The average Bonchev–Trinajstić information content (AvgIpc) is 2.75. The molecule has 0 saturated carbocycles. The topological polar surface area (TPSA) is 44.3 Å². The van der Waals surface area contributed by atoms with E-state index in [4.69, 9.17) is 4.98 Å². The molecule has 2 heterocycles. The summed E-state index contributed by atoms with van der Waals surface area (Å²) in [7, 11) is 0. The highest BCUT2D eigenvalue weighted by molar-refractivity contribution is 5.58. The number of para-hydroxylation sites is 1. The van der Waals surface area contributed by atoms with E-state index in [2.05, 4.69) is 81.6 Å². The predicted molar refractivity (Wildman–Crippen MR) is 117 cm³/mol. The fourth-order valence-corrected chi connectivity index (χ4v) is 3.53. The van der Waals surface area contributed by atoms with Gasteiger partial charge in [-0.25, -0.2) is 4.98 Å². The van der Waals surface area contributed by atoms with E-state index < -0.39 is 0 Å². The van der Waals surface area contributed by atoms with Gasteiger partial charge in [-0.15, -0.1) is 0 Å². The number of anilines is 4. The quantitative estimate of drug-likeness (QED) is 0.717. The first-order valence-electron chi connectivity index (χ1n) is 9.98. The van der Waals surface area contributed by atoms with Gasteiger partial charge in [-0.2, -0.15) is 4.98 Å². The number of nitrogens with zero attached hydrogens (tertiary/aromatic N) is 4. The second-order valence-corrected chi connectivity index (χ2v) is 7.18. The summed E-state index contributed by atoms with van der Waals surface area (Å²) in [5.41, 5.74) is 4.64. The number of aryl methyl sites for hydroxylation is 2. The van der Waals surface area contributed by atoms with Gasteiger partial charge in [-0.05, 0) is 43.2 Å². The van der Waals surface area contributed by atoms with Crippen molar-refractivity contribution in [3.8, 4) is 0 Å². The summed E-state index contributed by atoms with van der Waals surface area (Å²) in [6.07, 6.45) is 1.05. The van der Waals surface area contributed by atoms with E-state index in [9.17, 15) is 0 Å². The van der Waals surface area contributed by atoms with Crippen LogP contribution in [-0.4, -0.2) is 36.1 Å². The van der Waals surface area contributed by atoms with E-state index in [0.29, 0.717) is 0 Å². The van der Waals surface area contributed by atoms with Crippen molar-refractivity contribution < 1.29 is 0 Å². The highest BCUT2D eigenvalue weighted by Gasteiger charge is 2.20. The summed E-state index contributed by atoms with van der Waals surface area (Å²) in [6, 6.07) is 21.1. The van der Waals surface area contributed by atoms with Crippen molar-refractivity contribution in [2.24, 2.45) is 0 Å². The minimum Gasteiger partial charge on any atom is -0.368 e. The summed E-state index contributed by atoms with van der Waals surface area (Å²) in [5.74, 6) is 1.65. The van der Waals surface area contributed by atoms with Gasteiger partial charge >= 0.3 is 0 Å². The zero-order valence-corrected chi connectivity index (χ0v) is 16.6. The molecule has 1 N–H and O–H groups in total. The van der Waals surface area contributed by atoms with Gasteiger partial charge in [0.25, 0.3) is 0 Å². The molecule has 5 nitrogen and oxygen atoms in total. The first-order valence-corrected chi connectivity index (χ1v) is 9.98. The Labute approximate surface area is 167 Å². The van der Waals surface area contributed by atoms with E-state index in [1.165, 1.54) is 11.3 Å². The van der Waals surface area contributed by atoms with Gasteiger partial charge in [0.1, 0.15) is 5.82 Å². The molecule has 144 valence electrons. The molecule has 28 heavy (non-hydrogen) atoms. The fraction of sp³-hybridized carbons (Fsp3) is 0.304. The molecule has 0 aliphatic carbocycles. The lowest BCUT2D eigenvalue weighted by Crippen LogP contribution is -2.47. The van der Waals surface area contributed by atoms with Crippen molar-refractivity contribution in [3.63, 3.8) is 0 Å². The van der Waals surface area contributed by atoms with Gasteiger partial charge in [0.2, 0.25) is 5.95 Å². The molecule has 1 aliphatic heterocycles. The average molecular weight is 374 g/mol. The third-order valence-corrected chi connectivity index (χ3v) is 5.16. The molecule has 0 radical (unpaired) electrons. The molecular weight excluding hydrogens is 346 g/mol. The first-order chi connectivity index (χ1) is 13.7. The van der Waals surface area contributed by atoms with Gasteiger partial charge in [-0.3, -0.25) is 0 Å². The van der Waals surface area contributed by atoms with Gasteiger partial charge < -0.3 is 15.1 Å². The Balaban J connectivity index is 1.45. The first kappa shape index (κ1) is 18.3. The van der Waals surface area contributed by atoms with Crippen molar-refractivity contribution in [3.05, 3.63) is 71.9 Å². The second-order valence-electron chi connectivity index (χ2n) is 7.18. The van der Waals surface area contributed by atoms with E-state index in [-0.39, 0.29) is 0 Å². The maximum absolute atomic E-state index is 4.78. The summed E-state index contributed by atoms with van der Waals surface area (Å²) in [5, 5.41) is 3.42. The van der Waals surface area contributed by atoms with Crippen molar-refractivity contribution in [2.45, 2.75) is 20.3 Å².